The van der Waals surface area contributed by atoms with Gasteiger partial charge in [-0.25, -0.2) is 0 Å². The van der Waals surface area contributed by atoms with Crippen molar-refractivity contribution < 1.29 is 13.2 Å². The van der Waals surface area contributed by atoms with Gasteiger partial charge in [-0.05, 0) is 39.2 Å². The van der Waals surface area contributed by atoms with Crippen LogP contribution in [0.5, 0.6) is 0 Å². The van der Waals surface area contributed by atoms with E-state index < -0.39 is 12.1 Å². The van der Waals surface area contributed by atoms with Crippen molar-refractivity contribution in [3.05, 3.63) is 0 Å². The molecule has 0 spiro atoms. The molecule has 2 aliphatic rings. The number of piperidine rings is 1. The third-order valence-corrected chi connectivity index (χ3v) is 4.60. The van der Waals surface area contributed by atoms with E-state index in [1.165, 1.54) is 25.7 Å². The van der Waals surface area contributed by atoms with Gasteiger partial charge in [0.1, 0.15) is 0 Å². The molecule has 5 heteroatoms. The molecular formula is C14H25F3N2. The number of nitrogens with one attached hydrogen (secondary N) is 1. The van der Waals surface area contributed by atoms with Crippen LogP contribution in [0.2, 0.25) is 0 Å². The van der Waals surface area contributed by atoms with Gasteiger partial charge in [-0.3, -0.25) is 4.90 Å². The van der Waals surface area contributed by atoms with Crippen molar-refractivity contribution in [3.8, 4) is 0 Å². The molecule has 2 atom stereocenters. The Balaban J connectivity index is 1.76. The number of rotatable bonds is 4. The zero-order valence-corrected chi connectivity index (χ0v) is 11.7. The molecule has 2 rings (SSSR count). The van der Waals surface area contributed by atoms with Crippen molar-refractivity contribution in [2.24, 2.45) is 5.92 Å². The van der Waals surface area contributed by atoms with Crippen LogP contribution in [-0.2, 0) is 0 Å². The lowest BCUT2D eigenvalue weighted by Crippen LogP contribution is -2.49. The molecule has 112 valence electrons. The highest BCUT2D eigenvalue weighted by Gasteiger charge is 2.42. The van der Waals surface area contributed by atoms with Crippen LogP contribution in [0.1, 0.15) is 45.4 Å². The summed E-state index contributed by atoms with van der Waals surface area (Å²) in [5.74, 6) is -1.13. The Bertz CT molecular complexity index is 274. The van der Waals surface area contributed by atoms with Crippen molar-refractivity contribution >= 4 is 0 Å². The molecule has 1 N–H and O–H groups in total. The van der Waals surface area contributed by atoms with Crippen LogP contribution in [0.25, 0.3) is 0 Å². The number of hydrogen-bond donors (Lipinski definition) is 1. The van der Waals surface area contributed by atoms with Gasteiger partial charge in [0.05, 0.1) is 5.92 Å². The van der Waals surface area contributed by atoms with E-state index in [0.717, 1.165) is 13.1 Å². The molecule has 2 nitrogen and oxygen atoms in total. The van der Waals surface area contributed by atoms with E-state index in [2.05, 4.69) is 5.32 Å². The first-order valence-electron chi connectivity index (χ1n) is 7.51. The number of nitrogens with zero attached hydrogens (tertiary/aromatic N) is 1. The number of likely N-dealkylation sites (tertiary alicyclic amines) is 1. The summed E-state index contributed by atoms with van der Waals surface area (Å²) < 4.78 is 38.3. The third-order valence-electron chi connectivity index (χ3n) is 4.60. The second-order valence-electron chi connectivity index (χ2n) is 6.11. The molecule has 0 bridgehead atoms. The summed E-state index contributed by atoms with van der Waals surface area (Å²) in [5.41, 5.74) is 0. The first-order chi connectivity index (χ1) is 8.97. The van der Waals surface area contributed by atoms with E-state index >= 15 is 0 Å². The molecule has 0 aromatic heterocycles. The van der Waals surface area contributed by atoms with Crippen molar-refractivity contribution in [2.75, 3.05) is 19.6 Å². The summed E-state index contributed by atoms with van der Waals surface area (Å²) in [6.45, 7) is 3.84. The Morgan fingerprint density at radius 1 is 1.16 bits per heavy atom. The fourth-order valence-electron chi connectivity index (χ4n) is 3.27. The van der Waals surface area contributed by atoms with Gasteiger partial charge >= 0.3 is 6.18 Å². The van der Waals surface area contributed by atoms with Crippen molar-refractivity contribution in [1.29, 1.82) is 0 Å². The molecule has 2 fully saturated rings. The first kappa shape index (κ1) is 15.1. The molecule has 1 aliphatic heterocycles. The minimum Gasteiger partial charge on any atom is -0.312 e. The van der Waals surface area contributed by atoms with E-state index in [1.807, 2.05) is 11.8 Å². The molecule has 0 radical (unpaired) electrons. The molecule has 0 aromatic rings. The quantitative estimate of drug-likeness (QED) is 0.849. The Labute approximate surface area is 113 Å². The molecule has 0 amide bonds. The molecule has 19 heavy (non-hydrogen) atoms. The lowest BCUT2D eigenvalue weighted by Gasteiger charge is -2.37. The minimum atomic E-state index is -4.03. The monoisotopic (exact) mass is 278 g/mol. The fraction of sp³-hybridized carbons (Fsp3) is 1.00. The van der Waals surface area contributed by atoms with Crippen LogP contribution >= 0.6 is 0 Å². The van der Waals surface area contributed by atoms with Crippen molar-refractivity contribution in [2.45, 2.75) is 63.7 Å². The maximum Gasteiger partial charge on any atom is 0.393 e. The van der Waals surface area contributed by atoms with Gasteiger partial charge in [-0.15, -0.1) is 0 Å². The zero-order valence-electron chi connectivity index (χ0n) is 11.7. The summed E-state index contributed by atoms with van der Waals surface area (Å²) >= 11 is 0. The molecule has 2 unspecified atom stereocenters. The summed E-state index contributed by atoms with van der Waals surface area (Å²) in [5, 5.41) is 3.51. The Kier molecular flexibility index (Phi) is 5.12. The largest absolute Gasteiger partial charge is 0.393 e. The average Bonchev–Trinajstić information content (AvgIpc) is 2.88. The topological polar surface area (TPSA) is 15.3 Å². The summed E-state index contributed by atoms with van der Waals surface area (Å²) in [4.78, 5) is 2.00. The zero-order chi connectivity index (χ0) is 13.9. The summed E-state index contributed by atoms with van der Waals surface area (Å²) in [7, 11) is 0. The molecule has 1 heterocycles. The smallest absolute Gasteiger partial charge is 0.312 e. The number of hydrogen-bond acceptors (Lipinski definition) is 2. The van der Waals surface area contributed by atoms with Gasteiger partial charge in [-0.2, -0.15) is 13.2 Å². The molecule has 1 saturated carbocycles. The Morgan fingerprint density at radius 3 is 2.47 bits per heavy atom. The van der Waals surface area contributed by atoms with Crippen molar-refractivity contribution in [3.63, 3.8) is 0 Å². The van der Waals surface area contributed by atoms with Gasteiger partial charge in [0.15, 0.2) is 0 Å². The highest BCUT2D eigenvalue weighted by molar-refractivity contribution is 4.83. The Morgan fingerprint density at radius 2 is 1.84 bits per heavy atom. The Hall–Kier alpha value is -0.290. The summed E-state index contributed by atoms with van der Waals surface area (Å²) in [6, 6.07) is 0.788. The van der Waals surface area contributed by atoms with Crippen LogP contribution in [0.3, 0.4) is 0 Å². The predicted molar refractivity (Wildman–Crippen MR) is 70.1 cm³/mol. The SMILES string of the molecule is CC(CNC1CCCC1)N1CCCC(C(F)(F)F)C1. The first-order valence-corrected chi connectivity index (χ1v) is 7.51. The standard InChI is InChI=1S/C14H25F3N2/c1-11(9-18-13-6-2-3-7-13)19-8-4-5-12(10-19)14(15,16)17/h11-13,18H,2-10H2,1H3. The minimum absolute atomic E-state index is 0.178. The number of alkyl halides is 3. The van der Waals surface area contributed by atoms with Gasteiger partial charge < -0.3 is 5.32 Å². The van der Waals surface area contributed by atoms with Crippen LogP contribution in [0, 0.1) is 5.92 Å². The maximum absolute atomic E-state index is 12.8. The highest BCUT2D eigenvalue weighted by Crippen LogP contribution is 2.33. The second kappa shape index (κ2) is 6.44. The van der Waals surface area contributed by atoms with Crippen LogP contribution < -0.4 is 5.32 Å². The lowest BCUT2D eigenvalue weighted by molar-refractivity contribution is -0.188. The van der Waals surface area contributed by atoms with Crippen LogP contribution in [-0.4, -0.2) is 42.8 Å². The molecule has 0 aromatic carbocycles. The van der Waals surface area contributed by atoms with E-state index in [9.17, 15) is 13.2 Å². The molecule has 1 saturated heterocycles. The fourth-order valence-corrected chi connectivity index (χ4v) is 3.27. The molecule has 1 aliphatic carbocycles. The van der Waals surface area contributed by atoms with E-state index in [4.69, 9.17) is 0 Å². The van der Waals surface area contributed by atoms with E-state index in [-0.39, 0.29) is 12.6 Å². The molecular weight excluding hydrogens is 253 g/mol. The highest BCUT2D eigenvalue weighted by atomic mass is 19.4. The summed E-state index contributed by atoms with van der Waals surface area (Å²) in [6.07, 6.45) is 1.94. The lowest BCUT2D eigenvalue weighted by atomic mass is 9.96. The van der Waals surface area contributed by atoms with Gasteiger partial charge in [-0.1, -0.05) is 12.8 Å². The average molecular weight is 278 g/mol. The van der Waals surface area contributed by atoms with E-state index in [0.29, 0.717) is 18.9 Å². The second-order valence-corrected chi connectivity index (χ2v) is 6.11. The van der Waals surface area contributed by atoms with Crippen LogP contribution in [0.4, 0.5) is 13.2 Å². The maximum atomic E-state index is 12.8. The van der Waals surface area contributed by atoms with Gasteiger partial charge in [0, 0.05) is 25.2 Å². The van der Waals surface area contributed by atoms with Crippen molar-refractivity contribution in [1.82, 2.24) is 10.2 Å². The third kappa shape index (κ3) is 4.35. The van der Waals surface area contributed by atoms with Gasteiger partial charge in [0.2, 0.25) is 0 Å². The normalized spacial score (nSPS) is 28.7. The van der Waals surface area contributed by atoms with Gasteiger partial charge in [0.25, 0.3) is 0 Å². The number of halogens is 3. The van der Waals surface area contributed by atoms with E-state index in [1.54, 1.807) is 0 Å². The predicted octanol–water partition coefficient (Wildman–Crippen LogP) is 3.18. The van der Waals surface area contributed by atoms with Crippen LogP contribution in [0.15, 0.2) is 0 Å².